The molecule has 0 saturated heterocycles. The first-order valence-corrected chi connectivity index (χ1v) is 7.08. The quantitative estimate of drug-likeness (QED) is 0.908. The molecule has 96 valence electrons. The van der Waals surface area contributed by atoms with Gasteiger partial charge in [0.05, 0.1) is 5.69 Å². The topological polar surface area (TPSA) is 24.9 Å². The fourth-order valence-corrected chi connectivity index (χ4v) is 2.99. The second-order valence-corrected chi connectivity index (χ2v) is 6.18. The molecular weight excluding hydrogens is 240 g/mol. The normalized spacial score (nSPS) is 11.8. The van der Waals surface area contributed by atoms with Crippen LogP contribution in [-0.2, 0) is 5.41 Å². The zero-order chi connectivity index (χ0) is 13.2. The van der Waals surface area contributed by atoms with Gasteiger partial charge in [0.25, 0.3) is 0 Å². The van der Waals surface area contributed by atoms with Crippen molar-refractivity contribution in [2.24, 2.45) is 0 Å². The van der Waals surface area contributed by atoms with E-state index in [9.17, 15) is 0 Å². The molecule has 0 radical (unpaired) electrons. The molecule has 0 amide bonds. The predicted molar refractivity (Wildman–Crippen MR) is 79.2 cm³/mol. The van der Waals surface area contributed by atoms with Crippen molar-refractivity contribution in [2.45, 2.75) is 26.2 Å². The van der Waals surface area contributed by atoms with Gasteiger partial charge in [-0.2, -0.15) is 0 Å². The molecule has 18 heavy (non-hydrogen) atoms. The molecule has 1 aromatic heterocycles. The number of thiazole rings is 1. The van der Waals surface area contributed by atoms with E-state index in [1.807, 2.05) is 7.05 Å². The molecule has 0 aliphatic rings. The Morgan fingerprint density at radius 3 is 2.78 bits per heavy atom. The summed E-state index contributed by atoms with van der Waals surface area (Å²) in [6.45, 7) is 7.50. The van der Waals surface area contributed by atoms with Crippen LogP contribution in [0.1, 0.15) is 24.4 Å². The number of aryl methyl sites for hydroxylation is 1. The van der Waals surface area contributed by atoms with E-state index in [1.165, 1.54) is 16.1 Å². The number of hydrogen-bond donors (Lipinski definition) is 1. The maximum absolute atomic E-state index is 4.79. The molecule has 0 aliphatic heterocycles. The summed E-state index contributed by atoms with van der Waals surface area (Å²) < 4.78 is 0. The van der Waals surface area contributed by atoms with Gasteiger partial charge in [0.15, 0.2) is 0 Å². The van der Waals surface area contributed by atoms with Gasteiger partial charge in [0.1, 0.15) is 5.01 Å². The molecule has 0 aliphatic carbocycles. The molecule has 2 aromatic rings. The molecule has 0 spiro atoms. The van der Waals surface area contributed by atoms with Crippen molar-refractivity contribution < 1.29 is 0 Å². The first-order valence-electron chi connectivity index (χ1n) is 6.20. The summed E-state index contributed by atoms with van der Waals surface area (Å²) in [4.78, 5) is 4.79. The molecule has 0 bridgehead atoms. The number of nitrogens with zero attached hydrogens (tertiary/aromatic N) is 1. The Kier molecular flexibility index (Phi) is 3.83. The monoisotopic (exact) mass is 260 g/mol. The zero-order valence-electron chi connectivity index (χ0n) is 11.4. The Morgan fingerprint density at radius 2 is 2.11 bits per heavy atom. The number of rotatable bonds is 4. The Morgan fingerprint density at radius 1 is 1.33 bits per heavy atom. The van der Waals surface area contributed by atoms with E-state index in [1.54, 1.807) is 11.3 Å². The fourth-order valence-electron chi connectivity index (χ4n) is 2.04. The highest BCUT2D eigenvalue weighted by molar-refractivity contribution is 7.10. The summed E-state index contributed by atoms with van der Waals surface area (Å²) in [5.74, 6) is 0. The second-order valence-electron chi connectivity index (χ2n) is 5.32. The predicted octanol–water partition coefficient (Wildman–Crippen LogP) is 3.62. The summed E-state index contributed by atoms with van der Waals surface area (Å²) in [6, 6.07) is 8.50. The average molecular weight is 260 g/mol. The lowest BCUT2D eigenvalue weighted by Gasteiger charge is -2.21. The van der Waals surface area contributed by atoms with Crippen molar-refractivity contribution in [1.29, 1.82) is 0 Å². The highest BCUT2D eigenvalue weighted by Crippen LogP contribution is 2.30. The number of aromatic nitrogens is 1. The largest absolute Gasteiger partial charge is 0.319 e. The third kappa shape index (κ3) is 2.79. The van der Waals surface area contributed by atoms with Crippen LogP contribution in [0.15, 0.2) is 29.6 Å². The number of likely N-dealkylation sites (N-methyl/N-ethyl adjacent to an activating group) is 1. The van der Waals surface area contributed by atoms with E-state index in [0.29, 0.717) is 0 Å². The van der Waals surface area contributed by atoms with Crippen LogP contribution in [0.3, 0.4) is 0 Å². The van der Waals surface area contributed by atoms with Gasteiger partial charge in [0.2, 0.25) is 0 Å². The summed E-state index contributed by atoms with van der Waals surface area (Å²) in [7, 11) is 1.98. The minimum atomic E-state index is 0.0848. The van der Waals surface area contributed by atoms with Crippen molar-refractivity contribution in [3.63, 3.8) is 0 Å². The van der Waals surface area contributed by atoms with Gasteiger partial charge in [-0.1, -0.05) is 37.6 Å². The Labute approximate surface area is 113 Å². The highest BCUT2D eigenvalue weighted by Gasteiger charge is 2.23. The molecule has 1 N–H and O–H groups in total. The smallest absolute Gasteiger partial charge is 0.100 e. The van der Waals surface area contributed by atoms with Gasteiger partial charge in [-0.05, 0) is 20.0 Å². The van der Waals surface area contributed by atoms with Crippen molar-refractivity contribution in [3.8, 4) is 11.3 Å². The van der Waals surface area contributed by atoms with Gasteiger partial charge < -0.3 is 5.32 Å². The number of hydrogen-bond acceptors (Lipinski definition) is 3. The van der Waals surface area contributed by atoms with E-state index < -0.39 is 0 Å². The molecule has 1 heterocycles. The van der Waals surface area contributed by atoms with Crippen LogP contribution in [0.25, 0.3) is 11.3 Å². The second kappa shape index (κ2) is 5.21. The molecule has 0 saturated carbocycles. The lowest BCUT2D eigenvalue weighted by Crippen LogP contribution is -2.30. The fraction of sp³-hybridized carbons (Fsp3) is 0.400. The summed E-state index contributed by atoms with van der Waals surface area (Å²) in [6.07, 6.45) is 0. The average Bonchev–Trinajstić information content (AvgIpc) is 2.78. The summed E-state index contributed by atoms with van der Waals surface area (Å²) in [5.41, 5.74) is 3.65. The third-order valence-electron chi connectivity index (χ3n) is 3.02. The minimum absolute atomic E-state index is 0.0848. The third-order valence-corrected chi connectivity index (χ3v) is 4.22. The van der Waals surface area contributed by atoms with Crippen LogP contribution < -0.4 is 5.32 Å². The van der Waals surface area contributed by atoms with Crippen LogP contribution in [-0.4, -0.2) is 18.6 Å². The number of benzene rings is 1. The molecular formula is C15H20N2S. The van der Waals surface area contributed by atoms with E-state index >= 15 is 0 Å². The molecule has 3 heteroatoms. The van der Waals surface area contributed by atoms with Crippen LogP contribution in [0.4, 0.5) is 0 Å². The molecule has 0 unspecified atom stereocenters. The van der Waals surface area contributed by atoms with Gasteiger partial charge in [0, 0.05) is 22.9 Å². The van der Waals surface area contributed by atoms with Crippen LogP contribution >= 0.6 is 11.3 Å². The molecule has 2 nitrogen and oxygen atoms in total. The standard InChI is InChI=1S/C15H20N2S/c1-11-6-5-7-12(8-11)13-9-18-14(17-13)15(2,3)10-16-4/h5-9,16H,10H2,1-4H3. The maximum atomic E-state index is 4.79. The van der Waals surface area contributed by atoms with Gasteiger partial charge in [-0.3, -0.25) is 0 Å². The van der Waals surface area contributed by atoms with Crippen molar-refractivity contribution in [3.05, 3.63) is 40.2 Å². The van der Waals surface area contributed by atoms with Crippen molar-refractivity contribution >= 4 is 11.3 Å². The Hall–Kier alpha value is -1.19. The van der Waals surface area contributed by atoms with Crippen LogP contribution in [0.2, 0.25) is 0 Å². The molecule has 0 atom stereocenters. The molecule has 1 aromatic carbocycles. The summed E-state index contributed by atoms with van der Waals surface area (Å²) >= 11 is 1.75. The maximum Gasteiger partial charge on any atom is 0.100 e. The van der Waals surface area contributed by atoms with Gasteiger partial charge >= 0.3 is 0 Å². The lowest BCUT2D eigenvalue weighted by atomic mass is 9.94. The van der Waals surface area contributed by atoms with Gasteiger partial charge in [-0.25, -0.2) is 4.98 Å². The highest BCUT2D eigenvalue weighted by atomic mass is 32.1. The Balaban J connectivity index is 2.31. The van der Waals surface area contributed by atoms with Crippen LogP contribution in [0.5, 0.6) is 0 Å². The first-order chi connectivity index (χ1) is 8.53. The van der Waals surface area contributed by atoms with Crippen molar-refractivity contribution in [1.82, 2.24) is 10.3 Å². The first kappa shape index (κ1) is 13.2. The molecule has 2 rings (SSSR count). The van der Waals surface area contributed by atoms with E-state index in [2.05, 4.69) is 55.7 Å². The SMILES string of the molecule is CNCC(C)(C)c1nc(-c2cccc(C)c2)cs1. The van der Waals surface area contributed by atoms with Crippen LogP contribution in [0, 0.1) is 6.92 Å². The molecule has 0 fully saturated rings. The van der Waals surface area contributed by atoms with E-state index in [-0.39, 0.29) is 5.41 Å². The summed E-state index contributed by atoms with van der Waals surface area (Å²) in [5, 5.41) is 6.57. The van der Waals surface area contributed by atoms with Crippen molar-refractivity contribution in [2.75, 3.05) is 13.6 Å². The lowest BCUT2D eigenvalue weighted by molar-refractivity contribution is 0.492. The van der Waals surface area contributed by atoms with E-state index in [0.717, 1.165) is 12.2 Å². The Bertz CT molecular complexity index is 529. The van der Waals surface area contributed by atoms with Gasteiger partial charge in [-0.15, -0.1) is 11.3 Å². The van der Waals surface area contributed by atoms with E-state index in [4.69, 9.17) is 4.98 Å². The minimum Gasteiger partial charge on any atom is -0.319 e. The zero-order valence-corrected chi connectivity index (χ0v) is 12.3. The number of nitrogens with one attached hydrogen (secondary N) is 1.